The maximum atomic E-state index is 12.0. The lowest BCUT2D eigenvalue weighted by molar-refractivity contribution is 0.0944. The van der Waals surface area contributed by atoms with Crippen molar-refractivity contribution >= 4 is 11.7 Å². The molecule has 4 N–H and O–H groups in total. The number of nitrogens with two attached hydrogens (primary N) is 1. The molecule has 1 aromatic rings. The molecule has 0 saturated heterocycles. The van der Waals surface area contributed by atoms with Crippen LogP contribution in [0.1, 0.15) is 36.5 Å². The van der Waals surface area contributed by atoms with Gasteiger partial charge in [0.1, 0.15) is 5.82 Å². The lowest BCUT2D eigenvalue weighted by Gasteiger charge is -2.15. The molecule has 5 heteroatoms. The first-order chi connectivity index (χ1) is 8.70. The lowest BCUT2D eigenvalue weighted by atomic mass is 9.98. The number of pyridine rings is 1. The second kappa shape index (κ2) is 5.82. The van der Waals surface area contributed by atoms with Gasteiger partial charge in [0.25, 0.3) is 5.91 Å². The number of nitrogens with one attached hydrogen (secondary N) is 2. The molecule has 1 fully saturated rings. The molecule has 1 aliphatic rings. The zero-order valence-corrected chi connectivity index (χ0v) is 10.6. The van der Waals surface area contributed by atoms with E-state index in [4.69, 9.17) is 5.84 Å². The third-order valence-corrected chi connectivity index (χ3v) is 3.73. The first kappa shape index (κ1) is 12.8. The van der Waals surface area contributed by atoms with Crippen LogP contribution >= 0.6 is 0 Å². The van der Waals surface area contributed by atoms with Gasteiger partial charge in [0.05, 0.1) is 0 Å². The van der Waals surface area contributed by atoms with Crippen molar-refractivity contribution in [1.29, 1.82) is 0 Å². The Kier molecular flexibility index (Phi) is 4.15. The van der Waals surface area contributed by atoms with Crippen molar-refractivity contribution in [3.8, 4) is 0 Å². The van der Waals surface area contributed by atoms with E-state index in [1.165, 1.54) is 19.3 Å². The van der Waals surface area contributed by atoms with Crippen molar-refractivity contribution < 1.29 is 4.79 Å². The molecular formula is C13H20N4O. The van der Waals surface area contributed by atoms with Crippen LogP contribution in [-0.2, 0) is 0 Å². The van der Waals surface area contributed by atoms with Crippen molar-refractivity contribution in [3.63, 3.8) is 0 Å². The van der Waals surface area contributed by atoms with E-state index in [-0.39, 0.29) is 5.91 Å². The molecular weight excluding hydrogens is 228 g/mol. The minimum absolute atomic E-state index is 0.0620. The molecule has 18 heavy (non-hydrogen) atoms. The van der Waals surface area contributed by atoms with Crippen molar-refractivity contribution in [3.05, 3.63) is 23.9 Å². The highest BCUT2D eigenvalue weighted by Gasteiger charge is 2.23. The Hall–Kier alpha value is -1.62. The minimum Gasteiger partial charge on any atom is -0.352 e. The van der Waals surface area contributed by atoms with Crippen LogP contribution < -0.4 is 16.6 Å². The van der Waals surface area contributed by atoms with Gasteiger partial charge >= 0.3 is 0 Å². The number of carbonyl (C=O) groups is 1. The molecule has 1 heterocycles. The highest BCUT2D eigenvalue weighted by molar-refractivity contribution is 5.94. The molecule has 2 atom stereocenters. The van der Waals surface area contributed by atoms with E-state index in [0.29, 0.717) is 23.2 Å². The van der Waals surface area contributed by atoms with Gasteiger partial charge in [-0.15, -0.1) is 0 Å². The van der Waals surface area contributed by atoms with Crippen LogP contribution in [0.5, 0.6) is 0 Å². The summed E-state index contributed by atoms with van der Waals surface area (Å²) in [5, 5.41) is 2.99. The number of hydrogen-bond donors (Lipinski definition) is 3. The van der Waals surface area contributed by atoms with Gasteiger partial charge in [-0.2, -0.15) is 0 Å². The number of hydrazine groups is 1. The second-order valence-corrected chi connectivity index (χ2v) is 4.95. The van der Waals surface area contributed by atoms with E-state index < -0.39 is 0 Å². The monoisotopic (exact) mass is 248 g/mol. The van der Waals surface area contributed by atoms with E-state index in [1.807, 2.05) is 0 Å². The van der Waals surface area contributed by atoms with Crippen LogP contribution in [-0.4, -0.2) is 17.4 Å². The Labute approximate surface area is 107 Å². The molecule has 0 aliphatic heterocycles. The van der Waals surface area contributed by atoms with Crippen molar-refractivity contribution in [2.75, 3.05) is 12.0 Å². The number of nitrogen functional groups attached to an aromatic ring is 1. The number of anilines is 1. The molecule has 0 aromatic carbocycles. The van der Waals surface area contributed by atoms with Crippen LogP contribution in [0.15, 0.2) is 18.3 Å². The first-order valence-corrected chi connectivity index (χ1v) is 6.41. The summed E-state index contributed by atoms with van der Waals surface area (Å²) in [7, 11) is 0. The Morgan fingerprint density at radius 2 is 2.39 bits per heavy atom. The van der Waals surface area contributed by atoms with Crippen LogP contribution in [0.25, 0.3) is 0 Å². The van der Waals surface area contributed by atoms with Gasteiger partial charge in [-0.1, -0.05) is 19.8 Å². The van der Waals surface area contributed by atoms with Gasteiger partial charge in [0, 0.05) is 18.3 Å². The molecule has 5 nitrogen and oxygen atoms in total. The Morgan fingerprint density at radius 1 is 1.56 bits per heavy atom. The summed E-state index contributed by atoms with van der Waals surface area (Å²) in [4.78, 5) is 15.9. The number of rotatable bonds is 4. The summed E-state index contributed by atoms with van der Waals surface area (Å²) in [6.07, 6.45) is 5.34. The molecule has 1 aliphatic carbocycles. The number of aromatic nitrogens is 1. The SMILES string of the molecule is CC1CCCC1CNC(=O)c1ccnc(NN)c1. The third kappa shape index (κ3) is 2.98. The summed E-state index contributed by atoms with van der Waals surface area (Å²) < 4.78 is 0. The summed E-state index contributed by atoms with van der Waals surface area (Å²) in [5.74, 6) is 7.03. The average Bonchev–Trinajstić information content (AvgIpc) is 2.81. The number of nitrogens with zero attached hydrogens (tertiary/aromatic N) is 1. The van der Waals surface area contributed by atoms with Crippen molar-refractivity contribution in [1.82, 2.24) is 10.3 Å². The molecule has 98 valence electrons. The number of amides is 1. The molecule has 2 unspecified atom stereocenters. The lowest BCUT2D eigenvalue weighted by Crippen LogP contribution is -2.30. The standard InChI is InChI=1S/C13H20N4O/c1-9-3-2-4-11(9)8-16-13(18)10-5-6-15-12(7-10)17-14/h5-7,9,11H,2-4,8,14H2,1H3,(H,15,17)(H,16,18). The predicted molar refractivity (Wildman–Crippen MR) is 70.9 cm³/mol. The smallest absolute Gasteiger partial charge is 0.251 e. The normalized spacial score (nSPS) is 22.8. The zero-order valence-electron chi connectivity index (χ0n) is 10.6. The van der Waals surface area contributed by atoms with Gasteiger partial charge in [-0.3, -0.25) is 4.79 Å². The van der Waals surface area contributed by atoms with E-state index in [0.717, 1.165) is 6.54 Å². The summed E-state index contributed by atoms with van der Waals surface area (Å²) in [6, 6.07) is 3.33. The predicted octanol–water partition coefficient (Wildman–Crippen LogP) is 1.53. The quantitative estimate of drug-likeness (QED) is 0.557. The van der Waals surface area contributed by atoms with Crippen LogP contribution in [0.4, 0.5) is 5.82 Å². The van der Waals surface area contributed by atoms with E-state index in [1.54, 1.807) is 18.3 Å². The van der Waals surface area contributed by atoms with Crippen LogP contribution in [0.3, 0.4) is 0 Å². The Morgan fingerprint density at radius 3 is 3.06 bits per heavy atom. The average molecular weight is 248 g/mol. The Bertz CT molecular complexity index is 421. The highest BCUT2D eigenvalue weighted by atomic mass is 16.1. The molecule has 0 bridgehead atoms. The highest BCUT2D eigenvalue weighted by Crippen LogP contribution is 2.30. The van der Waals surface area contributed by atoms with Gasteiger partial charge in [0.15, 0.2) is 0 Å². The second-order valence-electron chi connectivity index (χ2n) is 4.95. The van der Waals surface area contributed by atoms with E-state index in [2.05, 4.69) is 22.7 Å². The fraction of sp³-hybridized carbons (Fsp3) is 0.538. The number of hydrogen-bond acceptors (Lipinski definition) is 4. The molecule has 0 spiro atoms. The molecule has 0 radical (unpaired) electrons. The molecule has 2 rings (SSSR count). The van der Waals surface area contributed by atoms with Crippen LogP contribution in [0.2, 0.25) is 0 Å². The van der Waals surface area contributed by atoms with E-state index in [9.17, 15) is 4.79 Å². The third-order valence-electron chi connectivity index (χ3n) is 3.73. The maximum absolute atomic E-state index is 12.0. The molecule has 1 saturated carbocycles. The summed E-state index contributed by atoms with van der Waals surface area (Å²) in [6.45, 7) is 3.01. The van der Waals surface area contributed by atoms with Gasteiger partial charge in [-0.05, 0) is 30.4 Å². The maximum Gasteiger partial charge on any atom is 0.251 e. The van der Waals surface area contributed by atoms with Gasteiger partial charge in [-0.25, -0.2) is 10.8 Å². The van der Waals surface area contributed by atoms with Crippen LogP contribution in [0, 0.1) is 11.8 Å². The summed E-state index contributed by atoms with van der Waals surface area (Å²) in [5.41, 5.74) is 3.02. The fourth-order valence-corrected chi connectivity index (χ4v) is 2.50. The van der Waals surface area contributed by atoms with Gasteiger partial charge in [0.2, 0.25) is 0 Å². The topological polar surface area (TPSA) is 80.0 Å². The largest absolute Gasteiger partial charge is 0.352 e. The fourth-order valence-electron chi connectivity index (χ4n) is 2.50. The van der Waals surface area contributed by atoms with Crippen molar-refractivity contribution in [2.45, 2.75) is 26.2 Å². The van der Waals surface area contributed by atoms with Crippen molar-refractivity contribution in [2.24, 2.45) is 17.7 Å². The zero-order chi connectivity index (χ0) is 13.0. The minimum atomic E-state index is -0.0620. The molecule has 1 aromatic heterocycles. The molecule has 1 amide bonds. The summed E-state index contributed by atoms with van der Waals surface area (Å²) >= 11 is 0. The van der Waals surface area contributed by atoms with Gasteiger partial charge < -0.3 is 10.7 Å². The Balaban J connectivity index is 1.90. The first-order valence-electron chi connectivity index (χ1n) is 6.41. The van der Waals surface area contributed by atoms with E-state index >= 15 is 0 Å². The number of carbonyl (C=O) groups excluding carboxylic acids is 1.